The number of ether oxygens (including phenoxy) is 2. The van der Waals surface area contributed by atoms with Crippen molar-refractivity contribution in [2.75, 3.05) is 33.5 Å². The summed E-state index contributed by atoms with van der Waals surface area (Å²) in [5, 5.41) is 11.1. The minimum atomic E-state index is -0.815. The molecule has 1 aromatic carbocycles. The first-order chi connectivity index (χ1) is 10.6. The number of nitrogens with one attached hydrogen (secondary N) is 1. The molecule has 1 rings (SSSR count). The van der Waals surface area contributed by atoms with Crippen molar-refractivity contribution in [1.29, 1.82) is 0 Å². The highest BCUT2D eigenvalue weighted by atomic mass is 16.5. The molecular formula is C15H20N2O5. The normalized spacial score (nSPS) is 11.1. The van der Waals surface area contributed by atoms with E-state index in [0.29, 0.717) is 11.3 Å². The van der Waals surface area contributed by atoms with Crippen LogP contribution in [0.5, 0.6) is 5.75 Å². The van der Waals surface area contributed by atoms with Crippen LogP contribution in [0, 0.1) is 0 Å². The maximum Gasteiger partial charge on any atom is 0.256 e. The number of hydrogen-bond acceptors (Lipinski definition) is 5. The number of nitrogens with two attached hydrogens (primary N) is 1. The number of carbonyl (C=O) groups is 2. The van der Waals surface area contributed by atoms with Crippen molar-refractivity contribution in [3.8, 4) is 5.75 Å². The number of benzene rings is 1. The van der Waals surface area contributed by atoms with Crippen LogP contribution in [0.3, 0.4) is 0 Å². The van der Waals surface area contributed by atoms with Gasteiger partial charge < -0.3 is 25.6 Å². The lowest BCUT2D eigenvalue weighted by Crippen LogP contribution is -2.33. The molecule has 2 amide bonds. The van der Waals surface area contributed by atoms with Crippen molar-refractivity contribution in [3.63, 3.8) is 0 Å². The van der Waals surface area contributed by atoms with Crippen molar-refractivity contribution in [1.82, 2.24) is 5.32 Å². The van der Waals surface area contributed by atoms with Crippen LogP contribution in [0.4, 0.5) is 0 Å². The summed E-state index contributed by atoms with van der Waals surface area (Å²) in [7, 11) is 1.55. The van der Waals surface area contributed by atoms with E-state index in [0.717, 1.165) is 0 Å². The Morgan fingerprint density at radius 1 is 1.27 bits per heavy atom. The third-order valence-electron chi connectivity index (χ3n) is 2.70. The van der Waals surface area contributed by atoms with Crippen molar-refractivity contribution in [2.24, 2.45) is 5.73 Å². The highest BCUT2D eigenvalue weighted by Crippen LogP contribution is 2.14. The molecule has 0 saturated carbocycles. The highest BCUT2D eigenvalue weighted by molar-refractivity contribution is 6.21. The number of aliphatic hydroxyl groups excluding tert-OH is 1. The van der Waals surface area contributed by atoms with Crippen molar-refractivity contribution in [3.05, 3.63) is 35.4 Å². The summed E-state index contributed by atoms with van der Waals surface area (Å²) in [6.07, 6.45) is 1.41. The molecule has 0 unspecified atom stereocenters. The minimum absolute atomic E-state index is 0.0855. The first-order valence-electron chi connectivity index (χ1n) is 6.71. The Balaban J connectivity index is 2.68. The van der Waals surface area contributed by atoms with Gasteiger partial charge in [0.15, 0.2) is 0 Å². The van der Waals surface area contributed by atoms with E-state index in [1.54, 1.807) is 31.4 Å². The Hall–Kier alpha value is -2.38. The van der Waals surface area contributed by atoms with Crippen LogP contribution in [-0.4, -0.2) is 50.4 Å². The van der Waals surface area contributed by atoms with Crippen LogP contribution in [-0.2, 0) is 14.3 Å². The van der Waals surface area contributed by atoms with Gasteiger partial charge in [-0.15, -0.1) is 0 Å². The molecule has 0 atom stereocenters. The summed E-state index contributed by atoms with van der Waals surface area (Å²) < 4.78 is 10.0. The Kier molecular flexibility index (Phi) is 7.66. The Morgan fingerprint density at radius 2 is 1.95 bits per heavy atom. The molecule has 0 aromatic heterocycles. The largest absolute Gasteiger partial charge is 0.497 e. The van der Waals surface area contributed by atoms with Gasteiger partial charge in [-0.2, -0.15) is 0 Å². The van der Waals surface area contributed by atoms with Gasteiger partial charge in [-0.05, 0) is 23.8 Å². The molecule has 120 valence electrons. The van der Waals surface area contributed by atoms with Crippen LogP contribution in [0.15, 0.2) is 29.8 Å². The zero-order valence-corrected chi connectivity index (χ0v) is 12.4. The van der Waals surface area contributed by atoms with E-state index in [9.17, 15) is 9.59 Å². The first-order valence-corrected chi connectivity index (χ1v) is 6.71. The van der Waals surface area contributed by atoms with E-state index in [1.165, 1.54) is 6.08 Å². The maximum atomic E-state index is 11.9. The van der Waals surface area contributed by atoms with Gasteiger partial charge in [0, 0.05) is 6.54 Å². The van der Waals surface area contributed by atoms with E-state index in [2.05, 4.69) is 5.32 Å². The lowest BCUT2D eigenvalue weighted by Gasteiger charge is -2.07. The fourth-order valence-electron chi connectivity index (χ4n) is 1.61. The van der Waals surface area contributed by atoms with E-state index >= 15 is 0 Å². The molecule has 7 heteroatoms. The minimum Gasteiger partial charge on any atom is -0.497 e. The van der Waals surface area contributed by atoms with Gasteiger partial charge in [-0.3, -0.25) is 9.59 Å². The molecule has 0 spiro atoms. The smallest absolute Gasteiger partial charge is 0.256 e. The zero-order chi connectivity index (χ0) is 16.4. The topological polar surface area (TPSA) is 111 Å². The van der Waals surface area contributed by atoms with E-state index < -0.39 is 11.8 Å². The average molecular weight is 308 g/mol. The maximum absolute atomic E-state index is 11.9. The predicted octanol–water partition coefficient (Wildman–Crippen LogP) is -0.311. The first kappa shape index (κ1) is 17.7. The summed E-state index contributed by atoms with van der Waals surface area (Å²) in [6.45, 7) is 0.561. The van der Waals surface area contributed by atoms with Gasteiger partial charge in [0.05, 0.1) is 26.9 Å². The number of aliphatic hydroxyl groups is 1. The van der Waals surface area contributed by atoms with Crippen LogP contribution in [0.1, 0.15) is 5.56 Å². The van der Waals surface area contributed by atoms with Crippen LogP contribution in [0.2, 0.25) is 0 Å². The van der Waals surface area contributed by atoms with Gasteiger partial charge in [0.25, 0.3) is 11.8 Å². The second-order valence-corrected chi connectivity index (χ2v) is 4.29. The molecule has 7 nitrogen and oxygen atoms in total. The molecule has 0 bridgehead atoms. The van der Waals surface area contributed by atoms with Crippen molar-refractivity contribution < 1.29 is 24.2 Å². The Bertz CT molecular complexity index is 525. The van der Waals surface area contributed by atoms with Gasteiger partial charge in [0.1, 0.15) is 11.3 Å². The lowest BCUT2D eigenvalue weighted by molar-refractivity contribution is -0.122. The standard InChI is InChI=1S/C15H20N2O5/c1-21-12-4-2-11(3-5-12)10-13(14(16)19)15(20)17-6-8-22-9-7-18/h2-5,10,18H,6-9H2,1H3,(H2,16,19)(H,17,20). The molecule has 22 heavy (non-hydrogen) atoms. The summed E-state index contributed by atoms with van der Waals surface area (Å²) in [5.74, 6) is -0.719. The second-order valence-electron chi connectivity index (χ2n) is 4.29. The second kappa shape index (κ2) is 9.54. The molecule has 4 N–H and O–H groups in total. The zero-order valence-electron chi connectivity index (χ0n) is 12.4. The molecule has 0 heterocycles. The van der Waals surface area contributed by atoms with Gasteiger partial charge in [-0.1, -0.05) is 12.1 Å². The fourth-order valence-corrected chi connectivity index (χ4v) is 1.61. The molecule has 0 saturated heterocycles. The molecule has 0 aliphatic rings. The summed E-state index contributed by atoms with van der Waals surface area (Å²) in [5.41, 5.74) is 5.74. The van der Waals surface area contributed by atoms with Gasteiger partial charge in [0.2, 0.25) is 0 Å². The molecule has 0 fully saturated rings. The molecule has 0 aliphatic heterocycles. The average Bonchev–Trinajstić information content (AvgIpc) is 2.52. The number of primary amides is 1. The monoisotopic (exact) mass is 308 g/mol. The Morgan fingerprint density at radius 3 is 2.50 bits per heavy atom. The van der Waals surface area contributed by atoms with Crippen molar-refractivity contribution in [2.45, 2.75) is 0 Å². The number of methoxy groups -OCH3 is 1. The third kappa shape index (κ3) is 5.94. The van der Waals surface area contributed by atoms with E-state index in [-0.39, 0.29) is 31.9 Å². The SMILES string of the molecule is COc1ccc(C=C(C(N)=O)C(=O)NCCOCCO)cc1. The number of carbonyl (C=O) groups excluding carboxylic acids is 2. The van der Waals surface area contributed by atoms with E-state index in [1.807, 2.05) is 0 Å². The number of rotatable bonds is 9. The molecular weight excluding hydrogens is 288 g/mol. The third-order valence-corrected chi connectivity index (χ3v) is 2.70. The van der Waals surface area contributed by atoms with E-state index in [4.69, 9.17) is 20.3 Å². The number of hydrogen-bond donors (Lipinski definition) is 3. The summed E-state index contributed by atoms with van der Waals surface area (Å²) in [4.78, 5) is 23.3. The molecule has 0 aliphatic carbocycles. The summed E-state index contributed by atoms with van der Waals surface area (Å²) in [6, 6.07) is 6.84. The predicted molar refractivity (Wildman–Crippen MR) is 81.1 cm³/mol. The fraction of sp³-hybridized carbons (Fsp3) is 0.333. The van der Waals surface area contributed by atoms with Gasteiger partial charge >= 0.3 is 0 Å². The van der Waals surface area contributed by atoms with Crippen LogP contribution < -0.4 is 15.8 Å². The van der Waals surface area contributed by atoms with Gasteiger partial charge in [-0.25, -0.2) is 0 Å². The molecule has 0 radical (unpaired) electrons. The van der Waals surface area contributed by atoms with Crippen LogP contribution in [0.25, 0.3) is 6.08 Å². The molecule has 1 aromatic rings. The quantitative estimate of drug-likeness (QED) is 0.251. The van der Waals surface area contributed by atoms with Crippen molar-refractivity contribution >= 4 is 17.9 Å². The van der Waals surface area contributed by atoms with Crippen LogP contribution >= 0.6 is 0 Å². The summed E-state index contributed by atoms with van der Waals surface area (Å²) >= 11 is 0. The highest BCUT2D eigenvalue weighted by Gasteiger charge is 2.14. The lowest BCUT2D eigenvalue weighted by atomic mass is 10.1. The Labute approximate surface area is 128 Å². The number of amides is 2.